The predicted molar refractivity (Wildman–Crippen MR) is 95.0 cm³/mol. The Morgan fingerprint density at radius 1 is 1.12 bits per heavy atom. The van der Waals surface area contributed by atoms with Crippen LogP contribution >= 0.6 is 0 Å². The molecular weight excluding hydrogens is 314 g/mol. The van der Waals surface area contributed by atoms with Crippen molar-refractivity contribution in [2.75, 3.05) is 0 Å². The number of para-hydroxylation sites is 1. The molecule has 6 nitrogen and oxygen atoms in total. The molecule has 0 saturated carbocycles. The number of aromatic nitrogens is 4. The Bertz CT molecular complexity index is 1000. The number of hydrogen-bond donors (Lipinski definition) is 2. The van der Waals surface area contributed by atoms with Gasteiger partial charge in [-0.2, -0.15) is 5.10 Å². The standard InChI is InChI=1S/C19H17N5O/c25-19(16-8-4-7-15-11-22-23-18(15)16)21-12-17-20-9-10-24(17)13-14-5-2-1-3-6-14/h1-11H,12-13H2,(H,21,25)(H,22,23). The van der Waals surface area contributed by atoms with Crippen LogP contribution < -0.4 is 5.32 Å². The number of hydrogen-bond acceptors (Lipinski definition) is 3. The molecule has 2 aromatic heterocycles. The molecule has 2 N–H and O–H groups in total. The van der Waals surface area contributed by atoms with Crippen LogP contribution in [0.5, 0.6) is 0 Å². The number of carbonyl (C=O) groups excluding carboxylic acids is 1. The van der Waals surface area contributed by atoms with Gasteiger partial charge in [0.05, 0.1) is 23.8 Å². The highest BCUT2D eigenvalue weighted by Gasteiger charge is 2.12. The van der Waals surface area contributed by atoms with Crippen LogP contribution in [0, 0.1) is 0 Å². The molecule has 2 aromatic carbocycles. The fraction of sp³-hybridized carbons (Fsp3) is 0.105. The summed E-state index contributed by atoms with van der Waals surface area (Å²) >= 11 is 0. The van der Waals surface area contributed by atoms with Gasteiger partial charge in [0.2, 0.25) is 0 Å². The minimum Gasteiger partial charge on any atom is -0.345 e. The molecule has 1 amide bonds. The molecular formula is C19H17N5O. The number of nitrogens with one attached hydrogen (secondary N) is 2. The molecule has 25 heavy (non-hydrogen) atoms. The Kier molecular flexibility index (Phi) is 4.00. The van der Waals surface area contributed by atoms with Crippen LogP contribution in [0.25, 0.3) is 10.9 Å². The topological polar surface area (TPSA) is 75.6 Å². The Labute approximate surface area is 144 Å². The quantitative estimate of drug-likeness (QED) is 0.590. The molecule has 0 fully saturated rings. The van der Waals surface area contributed by atoms with E-state index in [4.69, 9.17) is 0 Å². The van der Waals surface area contributed by atoms with Crippen molar-refractivity contribution in [2.45, 2.75) is 13.1 Å². The van der Waals surface area contributed by atoms with E-state index in [9.17, 15) is 4.79 Å². The molecule has 2 heterocycles. The summed E-state index contributed by atoms with van der Waals surface area (Å²) in [6.45, 7) is 1.09. The van der Waals surface area contributed by atoms with E-state index in [-0.39, 0.29) is 5.91 Å². The average Bonchev–Trinajstić information content (AvgIpc) is 3.29. The number of amides is 1. The van der Waals surface area contributed by atoms with Crippen molar-refractivity contribution in [3.05, 3.63) is 84.1 Å². The minimum absolute atomic E-state index is 0.149. The summed E-state index contributed by atoms with van der Waals surface area (Å²) in [6.07, 6.45) is 5.38. The molecule has 0 atom stereocenters. The maximum atomic E-state index is 12.5. The summed E-state index contributed by atoms with van der Waals surface area (Å²) in [7, 11) is 0. The lowest BCUT2D eigenvalue weighted by molar-refractivity contribution is 0.0951. The van der Waals surface area contributed by atoms with Gasteiger partial charge in [-0.15, -0.1) is 0 Å². The first-order valence-electron chi connectivity index (χ1n) is 8.05. The van der Waals surface area contributed by atoms with Crippen molar-refractivity contribution in [1.82, 2.24) is 25.1 Å². The van der Waals surface area contributed by atoms with Gasteiger partial charge in [-0.1, -0.05) is 42.5 Å². The third-order valence-electron chi connectivity index (χ3n) is 4.13. The lowest BCUT2D eigenvalue weighted by Crippen LogP contribution is -2.25. The molecule has 0 unspecified atom stereocenters. The number of nitrogens with zero attached hydrogens (tertiary/aromatic N) is 3. The molecule has 0 aliphatic carbocycles. The van der Waals surface area contributed by atoms with Gasteiger partial charge in [-0.25, -0.2) is 4.98 Å². The zero-order valence-corrected chi connectivity index (χ0v) is 13.5. The first-order valence-corrected chi connectivity index (χ1v) is 8.05. The average molecular weight is 331 g/mol. The summed E-state index contributed by atoms with van der Waals surface area (Å²) in [4.78, 5) is 16.9. The zero-order chi connectivity index (χ0) is 17.1. The first-order chi connectivity index (χ1) is 12.3. The smallest absolute Gasteiger partial charge is 0.253 e. The van der Waals surface area contributed by atoms with E-state index in [1.54, 1.807) is 18.5 Å². The number of benzene rings is 2. The fourth-order valence-electron chi connectivity index (χ4n) is 2.84. The Morgan fingerprint density at radius 3 is 2.88 bits per heavy atom. The second kappa shape index (κ2) is 6.60. The van der Waals surface area contributed by atoms with Crippen LogP contribution in [0.15, 0.2) is 67.1 Å². The Balaban J connectivity index is 1.48. The van der Waals surface area contributed by atoms with E-state index in [1.807, 2.05) is 41.1 Å². The lowest BCUT2D eigenvalue weighted by Gasteiger charge is -2.09. The molecule has 0 bridgehead atoms. The summed E-state index contributed by atoms with van der Waals surface area (Å²) in [6, 6.07) is 15.7. The van der Waals surface area contributed by atoms with Gasteiger partial charge in [-0.3, -0.25) is 9.89 Å². The third kappa shape index (κ3) is 3.14. The van der Waals surface area contributed by atoms with Crippen molar-refractivity contribution < 1.29 is 4.79 Å². The van der Waals surface area contributed by atoms with E-state index in [0.717, 1.165) is 23.3 Å². The number of H-pyrrole nitrogens is 1. The molecule has 4 aromatic rings. The molecule has 124 valence electrons. The van der Waals surface area contributed by atoms with Crippen LogP contribution in [0.1, 0.15) is 21.7 Å². The van der Waals surface area contributed by atoms with Crippen LogP contribution in [-0.2, 0) is 13.1 Å². The van der Waals surface area contributed by atoms with Gasteiger partial charge >= 0.3 is 0 Å². The van der Waals surface area contributed by atoms with Crippen LogP contribution in [0.2, 0.25) is 0 Å². The first kappa shape index (κ1) is 15.1. The summed E-state index contributed by atoms with van der Waals surface area (Å²) < 4.78 is 2.03. The van der Waals surface area contributed by atoms with E-state index >= 15 is 0 Å². The third-order valence-corrected chi connectivity index (χ3v) is 4.13. The monoisotopic (exact) mass is 331 g/mol. The molecule has 6 heteroatoms. The second-order valence-corrected chi connectivity index (χ2v) is 5.78. The van der Waals surface area contributed by atoms with E-state index in [2.05, 4.69) is 32.6 Å². The summed E-state index contributed by atoms with van der Waals surface area (Å²) in [5.41, 5.74) is 2.51. The summed E-state index contributed by atoms with van der Waals surface area (Å²) in [5.74, 6) is 0.665. The minimum atomic E-state index is -0.149. The number of fused-ring (bicyclic) bond motifs is 1. The SMILES string of the molecule is O=C(NCc1nccn1Cc1ccccc1)c1cccc2cn[nH]c12. The Hall–Kier alpha value is -3.41. The van der Waals surface area contributed by atoms with Crippen molar-refractivity contribution in [2.24, 2.45) is 0 Å². The van der Waals surface area contributed by atoms with Gasteiger partial charge in [0.1, 0.15) is 5.82 Å². The lowest BCUT2D eigenvalue weighted by atomic mass is 10.1. The molecule has 0 aliphatic rings. The molecule has 0 radical (unpaired) electrons. The normalized spacial score (nSPS) is 10.9. The largest absolute Gasteiger partial charge is 0.345 e. The van der Waals surface area contributed by atoms with Gasteiger partial charge in [0.15, 0.2) is 0 Å². The van der Waals surface area contributed by atoms with Gasteiger partial charge in [-0.05, 0) is 11.6 Å². The predicted octanol–water partition coefficient (Wildman–Crippen LogP) is 2.74. The van der Waals surface area contributed by atoms with Crippen LogP contribution in [0.3, 0.4) is 0 Å². The molecule has 0 spiro atoms. The van der Waals surface area contributed by atoms with Gasteiger partial charge < -0.3 is 9.88 Å². The van der Waals surface area contributed by atoms with Crippen LogP contribution in [-0.4, -0.2) is 25.7 Å². The highest BCUT2D eigenvalue weighted by molar-refractivity contribution is 6.05. The van der Waals surface area contributed by atoms with Crippen molar-refractivity contribution in [3.8, 4) is 0 Å². The highest BCUT2D eigenvalue weighted by Crippen LogP contribution is 2.15. The number of imidazole rings is 1. The van der Waals surface area contributed by atoms with Crippen molar-refractivity contribution in [1.29, 1.82) is 0 Å². The molecule has 0 saturated heterocycles. The highest BCUT2D eigenvalue weighted by atomic mass is 16.1. The zero-order valence-electron chi connectivity index (χ0n) is 13.5. The summed E-state index contributed by atoms with van der Waals surface area (Å²) in [5, 5.41) is 10.7. The van der Waals surface area contributed by atoms with E-state index < -0.39 is 0 Å². The van der Waals surface area contributed by atoms with E-state index in [1.165, 1.54) is 5.56 Å². The van der Waals surface area contributed by atoms with Crippen molar-refractivity contribution >= 4 is 16.8 Å². The maximum absolute atomic E-state index is 12.5. The maximum Gasteiger partial charge on any atom is 0.253 e. The van der Waals surface area contributed by atoms with Crippen molar-refractivity contribution in [3.63, 3.8) is 0 Å². The Morgan fingerprint density at radius 2 is 2.00 bits per heavy atom. The number of carbonyl (C=O) groups is 1. The molecule has 4 rings (SSSR count). The van der Waals surface area contributed by atoms with Gasteiger partial charge in [0.25, 0.3) is 5.91 Å². The van der Waals surface area contributed by atoms with Gasteiger partial charge in [0, 0.05) is 24.3 Å². The second-order valence-electron chi connectivity index (χ2n) is 5.78. The number of rotatable bonds is 5. The number of aromatic amines is 1. The molecule has 0 aliphatic heterocycles. The van der Waals surface area contributed by atoms with E-state index in [0.29, 0.717) is 12.1 Å². The van der Waals surface area contributed by atoms with Crippen LogP contribution in [0.4, 0.5) is 0 Å². The fourth-order valence-corrected chi connectivity index (χ4v) is 2.84.